The molecule has 0 bridgehead atoms. The Labute approximate surface area is 148 Å². The van der Waals surface area contributed by atoms with Crippen molar-refractivity contribution >= 4 is 5.91 Å². The highest BCUT2D eigenvalue weighted by atomic mass is 16.5. The Bertz CT molecular complexity index is 682. The van der Waals surface area contributed by atoms with E-state index in [1.54, 1.807) is 6.26 Å². The highest BCUT2D eigenvalue weighted by Crippen LogP contribution is 2.29. The molecule has 4 rings (SSSR count). The van der Waals surface area contributed by atoms with Crippen LogP contribution >= 0.6 is 0 Å². The third kappa shape index (κ3) is 3.56. The van der Waals surface area contributed by atoms with Crippen molar-refractivity contribution in [1.29, 1.82) is 0 Å². The van der Waals surface area contributed by atoms with E-state index in [1.807, 2.05) is 36.4 Å². The van der Waals surface area contributed by atoms with E-state index in [2.05, 4.69) is 10.2 Å². The van der Waals surface area contributed by atoms with Crippen LogP contribution < -0.4 is 10.1 Å². The first-order valence-electron chi connectivity index (χ1n) is 9.11. The second-order valence-corrected chi connectivity index (χ2v) is 6.79. The largest absolute Gasteiger partial charge is 0.480 e. The van der Waals surface area contributed by atoms with E-state index in [0.717, 1.165) is 30.2 Å². The van der Waals surface area contributed by atoms with Crippen molar-refractivity contribution in [2.24, 2.45) is 0 Å². The number of piperidine rings is 1. The number of amides is 1. The van der Waals surface area contributed by atoms with Crippen molar-refractivity contribution in [1.82, 2.24) is 10.2 Å². The Morgan fingerprint density at radius 1 is 1.16 bits per heavy atom. The molecule has 25 heavy (non-hydrogen) atoms. The van der Waals surface area contributed by atoms with Crippen LogP contribution in [-0.4, -0.2) is 36.5 Å². The second-order valence-electron chi connectivity index (χ2n) is 6.79. The van der Waals surface area contributed by atoms with E-state index >= 15 is 0 Å². The average molecular weight is 340 g/mol. The van der Waals surface area contributed by atoms with Gasteiger partial charge in [-0.25, -0.2) is 0 Å². The molecule has 2 atom stereocenters. The van der Waals surface area contributed by atoms with Gasteiger partial charge in [0.1, 0.15) is 11.5 Å². The summed E-state index contributed by atoms with van der Waals surface area (Å²) in [5.74, 6) is 1.68. The van der Waals surface area contributed by atoms with Crippen LogP contribution in [0.4, 0.5) is 0 Å². The zero-order chi connectivity index (χ0) is 17.1. The summed E-state index contributed by atoms with van der Waals surface area (Å²) in [5.41, 5.74) is 1.10. The van der Waals surface area contributed by atoms with Crippen molar-refractivity contribution in [2.45, 2.75) is 37.8 Å². The Morgan fingerprint density at radius 3 is 2.76 bits per heavy atom. The zero-order valence-electron chi connectivity index (χ0n) is 14.3. The van der Waals surface area contributed by atoms with E-state index in [-0.39, 0.29) is 11.9 Å². The molecule has 1 amide bonds. The van der Waals surface area contributed by atoms with Crippen LogP contribution in [0.25, 0.3) is 0 Å². The van der Waals surface area contributed by atoms with Crippen LogP contribution in [-0.2, 0) is 11.2 Å². The maximum Gasteiger partial charge on any atom is 0.261 e. The number of nitrogens with one attached hydrogen (secondary N) is 1. The first kappa shape index (κ1) is 16.2. The normalized spacial score (nSPS) is 21.4. The Kier molecular flexibility index (Phi) is 4.74. The molecule has 2 aliphatic heterocycles. The Hall–Kier alpha value is -2.27. The molecule has 1 aromatic carbocycles. The minimum absolute atomic E-state index is 0.0511. The van der Waals surface area contributed by atoms with Crippen LogP contribution in [0.5, 0.6) is 5.75 Å². The number of likely N-dealkylation sites (tertiary alicyclic amines) is 1. The van der Waals surface area contributed by atoms with Crippen molar-refractivity contribution < 1.29 is 13.9 Å². The molecule has 1 aromatic heterocycles. The molecule has 0 saturated carbocycles. The number of carbonyl (C=O) groups excluding carboxylic acids is 1. The van der Waals surface area contributed by atoms with Gasteiger partial charge in [-0.05, 0) is 49.7 Å². The number of para-hydroxylation sites is 1. The number of carbonyl (C=O) groups is 1. The van der Waals surface area contributed by atoms with E-state index < -0.39 is 6.10 Å². The van der Waals surface area contributed by atoms with Gasteiger partial charge in [-0.1, -0.05) is 24.6 Å². The molecule has 3 heterocycles. The predicted molar refractivity (Wildman–Crippen MR) is 94.4 cm³/mol. The maximum absolute atomic E-state index is 12.6. The lowest BCUT2D eigenvalue weighted by Gasteiger charge is -2.33. The lowest BCUT2D eigenvalue weighted by Crippen LogP contribution is -2.44. The zero-order valence-corrected chi connectivity index (χ0v) is 14.3. The number of rotatable bonds is 5. The van der Waals surface area contributed by atoms with Gasteiger partial charge in [-0.3, -0.25) is 9.69 Å². The van der Waals surface area contributed by atoms with Crippen molar-refractivity contribution in [2.75, 3.05) is 19.6 Å². The third-order valence-corrected chi connectivity index (χ3v) is 5.11. The topological polar surface area (TPSA) is 54.7 Å². The summed E-state index contributed by atoms with van der Waals surface area (Å²) < 4.78 is 11.4. The van der Waals surface area contributed by atoms with Gasteiger partial charge < -0.3 is 14.5 Å². The number of furan rings is 1. The summed E-state index contributed by atoms with van der Waals surface area (Å²) in [6, 6.07) is 11.8. The molecule has 0 aliphatic carbocycles. The monoisotopic (exact) mass is 340 g/mol. The molecule has 2 aliphatic rings. The summed E-state index contributed by atoms with van der Waals surface area (Å²) in [6.07, 6.45) is 5.58. The highest BCUT2D eigenvalue weighted by molar-refractivity contribution is 5.82. The summed E-state index contributed by atoms with van der Waals surface area (Å²) in [4.78, 5) is 15.0. The van der Waals surface area contributed by atoms with Crippen LogP contribution in [0.3, 0.4) is 0 Å². The fourth-order valence-corrected chi connectivity index (χ4v) is 3.76. The number of hydrogen-bond donors (Lipinski definition) is 1. The van der Waals surface area contributed by atoms with E-state index in [9.17, 15) is 4.79 Å². The van der Waals surface area contributed by atoms with E-state index in [4.69, 9.17) is 9.15 Å². The molecule has 0 radical (unpaired) electrons. The van der Waals surface area contributed by atoms with Gasteiger partial charge in [0, 0.05) is 13.0 Å². The molecule has 0 unspecified atom stereocenters. The van der Waals surface area contributed by atoms with Gasteiger partial charge in [0.25, 0.3) is 5.91 Å². The van der Waals surface area contributed by atoms with E-state index in [1.165, 1.54) is 19.3 Å². The van der Waals surface area contributed by atoms with Gasteiger partial charge in [0.05, 0.1) is 12.3 Å². The lowest BCUT2D eigenvalue weighted by atomic mass is 10.1. The summed E-state index contributed by atoms with van der Waals surface area (Å²) in [6.45, 7) is 2.64. The number of ether oxygens (including phenoxy) is 1. The third-order valence-electron chi connectivity index (χ3n) is 5.11. The molecule has 0 spiro atoms. The molecular formula is C20H24N2O3. The first-order chi connectivity index (χ1) is 12.3. The van der Waals surface area contributed by atoms with Gasteiger partial charge in [0.2, 0.25) is 0 Å². The molecular weight excluding hydrogens is 316 g/mol. The van der Waals surface area contributed by atoms with Crippen LogP contribution in [0, 0.1) is 0 Å². The summed E-state index contributed by atoms with van der Waals surface area (Å²) >= 11 is 0. The minimum atomic E-state index is -0.434. The second kappa shape index (κ2) is 7.31. The fourth-order valence-electron chi connectivity index (χ4n) is 3.76. The van der Waals surface area contributed by atoms with E-state index in [0.29, 0.717) is 13.0 Å². The lowest BCUT2D eigenvalue weighted by molar-refractivity contribution is -0.127. The predicted octanol–water partition coefficient (Wildman–Crippen LogP) is 2.93. The Morgan fingerprint density at radius 2 is 2.00 bits per heavy atom. The van der Waals surface area contributed by atoms with Gasteiger partial charge >= 0.3 is 0 Å². The number of hydrogen-bond acceptors (Lipinski definition) is 4. The Balaban J connectivity index is 1.39. The summed E-state index contributed by atoms with van der Waals surface area (Å²) in [7, 11) is 0. The standard InChI is InChI=1S/C20H24N2O3/c23-20(19-13-15-7-2-3-8-17(15)25-19)21-14-16(18-9-6-12-24-18)22-10-4-1-5-11-22/h2-3,6-9,12,16,19H,1,4-5,10-11,13-14H2,(H,21,23)/t16-,19-/m0/s1. The van der Waals surface area contributed by atoms with Crippen LogP contribution in [0.1, 0.15) is 36.6 Å². The quantitative estimate of drug-likeness (QED) is 0.909. The average Bonchev–Trinajstić information content (AvgIpc) is 3.32. The number of nitrogens with zero attached hydrogens (tertiary/aromatic N) is 1. The van der Waals surface area contributed by atoms with Crippen molar-refractivity contribution in [3.8, 4) is 5.75 Å². The molecule has 132 valence electrons. The smallest absolute Gasteiger partial charge is 0.261 e. The minimum Gasteiger partial charge on any atom is -0.480 e. The number of fused-ring (bicyclic) bond motifs is 1. The molecule has 1 fully saturated rings. The van der Waals surface area contributed by atoms with Gasteiger partial charge in [-0.2, -0.15) is 0 Å². The van der Waals surface area contributed by atoms with Crippen LogP contribution in [0.2, 0.25) is 0 Å². The fraction of sp³-hybridized carbons (Fsp3) is 0.450. The maximum atomic E-state index is 12.6. The first-order valence-corrected chi connectivity index (χ1v) is 9.11. The molecule has 1 N–H and O–H groups in total. The highest BCUT2D eigenvalue weighted by Gasteiger charge is 2.30. The van der Waals surface area contributed by atoms with Crippen LogP contribution in [0.15, 0.2) is 47.1 Å². The summed E-state index contributed by atoms with van der Waals surface area (Å²) in [5, 5.41) is 3.08. The molecule has 1 saturated heterocycles. The molecule has 2 aromatic rings. The van der Waals surface area contributed by atoms with Gasteiger partial charge in [0.15, 0.2) is 6.10 Å². The van der Waals surface area contributed by atoms with Crippen molar-refractivity contribution in [3.63, 3.8) is 0 Å². The number of benzene rings is 1. The van der Waals surface area contributed by atoms with Crippen molar-refractivity contribution in [3.05, 3.63) is 54.0 Å². The SMILES string of the molecule is O=C(NC[C@@H](c1ccco1)N1CCCCC1)[C@@H]1Cc2ccccc2O1. The molecule has 5 nitrogen and oxygen atoms in total. The van der Waals surface area contributed by atoms with Gasteiger partial charge in [-0.15, -0.1) is 0 Å². The molecule has 5 heteroatoms.